The number of aryl methyl sites for hydroxylation is 3. The summed E-state index contributed by atoms with van der Waals surface area (Å²) in [6, 6.07) is 14.9. The van der Waals surface area contributed by atoms with Crippen LogP contribution in [0.4, 0.5) is 5.69 Å². The summed E-state index contributed by atoms with van der Waals surface area (Å²) in [6.45, 7) is 13.2. The zero-order valence-electron chi connectivity index (χ0n) is 18.0. The highest BCUT2D eigenvalue weighted by atomic mass is 15.3. The molecular formula is C26H32N2. The molecule has 2 nitrogen and oxygen atoms in total. The van der Waals surface area contributed by atoms with Gasteiger partial charge in [-0.25, -0.2) is 0 Å². The standard InChI is InChI=1S/C26H32N2/c1-18-14-19(2)25(20(3)15-18)28-27-24(22-10-8-7-9-11-22)17-21-12-13-23(16-21)26(4,5)6/h7-16,21,28H,17H2,1-6H3. The van der Waals surface area contributed by atoms with Crippen molar-refractivity contribution in [3.05, 3.63) is 88.5 Å². The van der Waals surface area contributed by atoms with Crippen molar-refractivity contribution in [3.8, 4) is 0 Å². The molecule has 0 aliphatic heterocycles. The summed E-state index contributed by atoms with van der Waals surface area (Å²) in [5.74, 6) is 0.384. The number of hydrogen-bond donors (Lipinski definition) is 1. The van der Waals surface area contributed by atoms with Crippen LogP contribution in [0.15, 0.2) is 71.4 Å². The van der Waals surface area contributed by atoms with Crippen molar-refractivity contribution in [2.75, 3.05) is 5.43 Å². The topological polar surface area (TPSA) is 24.4 Å². The zero-order chi connectivity index (χ0) is 20.3. The Balaban J connectivity index is 1.88. The van der Waals surface area contributed by atoms with E-state index < -0.39 is 0 Å². The van der Waals surface area contributed by atoms with E-state index in [1.54, 1.807) is 0 Å². The van der Waals surface area contributed by atoms with E-state index in [0.29, 0.717) is 5.92 Å². The number of hydrogen-bond acceptors (Lipinski definition) is 2. The molecule has 1 unspecified atom stereocenters. The third kappa shape index (κ3) is 4.81. The lowest BCUT2D eigenvalue weighted by atomic mass is 9.87. The van der Waals surface area contributed by atoms with Gasteiger partial charge in [0.1, 0.15) is 0 Å². The van der Waals surface area contributed by atoms with Crippen LogP contribution in [0.25, 0.3) is 0 Å². The summed E-state index contributed by atoms with van der Waals surface area (Å²) in [6.07, 6.45) is 7.86. The number of rotatable bonds is 5. The minimum Gasteiger partial charge on any atom is -0.278 e. The summed E-state index contributed by atoms with van der Waals surface area (Å²) in [5.41, 5.74) is 12.0. The van der Waals surface area contributed by atoms with Gasteiger partial charge in [-0.15, -0.1) is 0 Å². The van der Waals surface area contributed by atoms with Crippen molar-refractivity contribution in [3.63, 3.8) is 0 Å². The van der Waals surface area contributed by atoms with Crippen LogP contribution in [-0.2, 0) is 0 Å². The molecule has 0 saturated heterocycles. The minimum absolute atomic E-state index is 0.184. The Kier molecular flexibility index (Phi) is 5.88. The summed E-state index contributed by atoms with van der Waals surface area (Å²) < 4.78 is 0. The van der Waals surface area contributed by atoms with Crippen molar-refractivity contribution in [1.82, 2.24) is 0 Å². The van der Waals surface area contributed by atoms with Gasteiger partial charge in [0.15, 0.2) is 0 Å². The van der Waals surface area contributed by atoms with Gasteiger partial charge >= 0.3 is 0 Å². The van der Waals surface area contributed by atoms with Crippen molar-refractivity contribution in [2.24, 2.45) is 16.4 Å². The second-order valence-electron chi connectivity index (χ2n) is 8.91. The first-order valence-electron chi connectivity index (χ1n) is 10.1. The molecule has 2 aromatic carbocycles. The number of anilines is 1. The molecular weight excluding hydrogens is 340 g/mol. The highest BCUT2D eigenvalue weighted by molar-refractivity contribution is 6.01. The lowest BCUT2D eigenvalue weighted by Crippen LogP contribution is -2.10. The molecule has 0 amide bonds. The van der Waals surface area contributed by atoms with E-state index in [1.807, 2.05) is 0 Å². The molecule has 1 aliphatic carbocycles. The van der Waals surface area contributed by atoms with Crippen molar-refractivity contribution in [2.45, 2.75) is 48.0 Å². The monoisotopic (exact) mass is 372 g/mol. The Hall–Kier alpha value is -2.61. The highest BCUT2D eigenvalue weighted by Crippen LogP contribution is 2.33. The lowest BCUT2D eigenvalue weighted by molar-refractivity contribution is 0.516. The van der Waals surface area contributed by atoms with Crippen molar-refractivity contribution >= 4 is 11.4 Å². The molecule has 0 aromatic heterocycles. The third-order valence-electron chi connectivity index (χ3n) is 5.30. The molecule has 0 heterocycles. The van der Waals surface area contributed by atoms with E-state index in [9.17, 15) is 0 Å². The SMILES string of the molecule is Cc1cc(C)c(NN=C(CC2C=CC(C(C)(C)C)=C2)c2ccccc2)c(C)c1. The van der Waals surface area contributed by atoms with Gasteiger partial charge < -0.3 is 0 Å². The summed E-state index contributed by atoms with van der Waals surface area (Å²) in [7, 11) is 0. The molecule has 3 rings (SSSR count). The Bertz CT molecular complexity index is 902. The summed E-state index contributed by atoms with van der Waals surface area (Å²) in [4.78, 5) is 0. The Morgan fingerprint density at radius 2 is 1.64 bits per heavy atom. The quantitative estimate of drug-likeness (QED) is 0.444. The van der Waals surface area contributed by atoms with Gasteiger partial charge in [0.2, 0.25) is 0 Å². The Morgan fingerprint density at radius 3 is 2.21 bits per heavy atom. The van der Waals surface area contributed by atoms with Gasteiger partial charge in [-0.1, -0.05) is 87.0 Å². The molecule has 0 bridgehead atoms. The lowest BCUT2D eigenvalue weighted by Gasteiger charge is -2.19. The molecule has 0 fully saturated rings. The van der Waals surface area contributed by atoms with Crippen LogP contribution in [0.5, 0.6) is 0 Å². The predicted octanol–water partition coefficient (Wildman–Crippen LogP) is 6.98. The second kappa shape index (κ2) is 8.18. The van der Waals surface area contributed by atoms with Crippen LogP contribution in [0.3, 0.4) is 0 Å². The second-order valence-corrected chi connectivity index (χ2v) is 8.91. The number of nitrogens with one attached hydrogen (secondary N) is 1. The molecule has 0 saturated carbocycles. The molecule has 1 N–H and O–H groups in total. The van der Waals surface area contributed by atoms with Crippen LogP contribution < -0.4 is 5.43 Å². The van der Waals surface area contributed by atoms with E-state index in [2.05, 4.69) is 108 Å². The van der Waals surface area contributed by atoms with E-state index in [4.69, 9.17) is 5.10 Å². The van der Waals surface area contributed by atoms with Crippen LogP contribution >= 0.6 is 0 Å². The largest absolute Gasteiger partial charge is 0.278 e. The molecule has 2 heteroatoms. The molecule has 0 radical (unpaired) electrons. The molecule has 2 aromatic rings. The average molecular weight is 373 g/mol. The van der Waals surface area contributed by atoms with Gasteiger partial charge in [-0.05, 0) is 48.4 Å². The maximum Gasteiger partial charge on any atom is 0.0688 e. The van der Waals surface area contributed by atoms with Crippen LogP contribution in [0.1, 0.15) is 49.4 Å². The molecule has 28 heavy (non-hydrogen) atoms. The van der Waals surface area contributed by atoms with Crippen LogP contribution in [0, 0.1) is 32.1 Å². The average Bonchev–Trinajstić information content (AvgIpc) is 3.09. The first-order chi connectivity index (χ1) is 13.2. The van der Waals surface area contributed by atoms with Gasteiger partial charge in [-0.2, -0.15) is 5.10 Å². The number of benzene rings is 2. The predicted molar refractivity (Wildman–Crippen MR) is 122 cm³/mol. The Morgan fingerprint density at radius 1 is 1.00 bits per heavy atom. The minimum atomic E-state index is 0.184. The fourth-order valence-electron chi connectivity index (χ4n) is 3.76. The maximum atomic E-state index is 4.87. The molecule has 0 spiro atoms. The summed E-state index contributed by atoms with van der Waals surface area (Å²) >= 11 is 0. The van der Waals surface area contributed by atoms with E-state index in [0.717, 1.165) is 17.8 Å². The van der Waals surface area contributed by atoms with Gasteiger partial charge in [0.25, 0.3) is 0 Å². The smallest absolute Gasteiger partial charge is 0.0688 e. The van der Waals surface area contributed by atoms with Gasteiger partial charge in [0, 0.05) is 12.3 Å². The highest BCUT2D eigenvalue weighted by Gasteiger charge is 2.21. The fraction of sp³-hybridized carbons (Fsp3) is 0.346. The van der Waals surface area contributed by atoms with Crippen LogP contribution in [0.2, 0.25) is 0 Å². The van der Waals surface area contributed by atoms with Gasteiger partial charge in [-0.3, -0.25) is 5.43 Å². The molecule has 1 atom stereocenters. The fourth-order valence-corrected chi connectivity index (χ4v) is 3.76. The van der Waals surface area contributed by atoms with Crippen molar-refractivity contribution in [1.29, 1.82) is 0 Å². The maximum absolute atomic E-state index is 4.87. The van der Waals surface area contributed by atoms with E-state index in [1.165, 1.54) is 27.8 Å². The Labute approximate surface area is 170 Å². The van der Waals surface area contributed by atoms with E-state index in [-0.39, 0.29) is 5.41 Å². The van der Waals surface area contributed by atoms with Crippen molar-refractivity contribution < 1.29 is 0 Å². The number of allylic oxidation sites excluding steroid dienone is 4. The van der Waals surface area contributed by atoms with E-state index >= 15 is 0 Å². The third-order valence-corrected chi connectivity index (χ3v) is 5.30. The van der Waals surface area contributed by atoms with Crippen LogP contribution in [-0.4, -0.2) is 5.71 Å². The summed E-state index contributed by atoms with van der Waals surface area (Å²) in [5, 5.41) is 4.87. The normalized spacial score (nSPS) is 17.0. The molecule has 146 valence electrons. The number of nitrogens with zero attached hydrogens (tertiary/aromatic N) is 1. The number of hydrazone groups is 1. The molecule has 1 aliphatic rings. The van der Waals surface area contributed by atoms with Gasteiger partial charge in [0.05, 0.1) is 11.4 Å². The first kappa shape index (κ1) is 20.1. The first-order valence-corrected chi connectivity index (χ1v) is 10.1. The zero-order valence-corrected chi connectivity index (χ0v) is 18.0.